The van der Waals surface area contributed by atoms with E-state index in [4.69, 9.17) is 0 Å². The van der Waals surface area contributed by atoms with E-state index in [1.165, 1.54) is 0 Å². The maximum absolute atomic E-state index is 13.2. The van der Waals surface area contributed by atoms with Gasteiger partial charge in [-0.3, -0.25) is 8.78 Å². The Morgan fingerprint density at radius 3 is 2.60 bits per heavy atom. The van der Waals surface area contributed by atoms with Gasteiger partial charge in [0.05, 0.1) is 0 Å². The number of aromatic nitrogens is 1. The minimum atomic E-state index is -0.649. The Morgan fingerprint density at radius 2 is 2.00 bits per heavy atom. The monoisotopic (exact) mass is 385 g/mol. The molecule has 0 unspecified atom stereocenters. The molecule has 0 fully saturated rings. The first kappa shape index (κ1) is 12.0. The third-order valence-corrected chi connectivity index (χ3v) is 1.78. The molecular formula is C11H6F2NPt-. The van der Waals surface area contributed by atoms with Gasteiger partial charge in [0.25, 0.3) is 0 Å². The van der Waals surface area contributed by atoms with Crippen LogP contribution in [0.2, 0.25) is 0 Å². The van der Waals surface area contributed by atoms with Crippen molar-refractivity contribution in [1.82, 2.24) is 4.98 Å². The number of hydrogen-bond donors (Lipinski definition) is 0. The molecule has 0 amide bonds. The predicted molar refractivity (Wildman–Crippen MR) is 48.4 cm³/mol. The molecule has 0 aliphatic carbocycles. The van der Waals surface area contributed by atoms with Crippen LogP contribution in [0.3, 0.4) is 0 Å². The zero-order valence-corrected chi connectivity index (χ0v) is 9.76. The minimum Gasteiger partial charge on any atom is -0.305 e. The summed E-state index contributed by atoms with van der Waals surface area (Å²) >= 11 is 0. The van der Waals surface area contributed by atoms with Crippen molar-refractivity contribution in [2.75, 3.05) is 0 Å². The number of pyridine rings is 1. The molecule has 0 spiro atoms. The van der Waals surface area contributed by atoms with Crippen LogP contribution in [0.5, 0.6) is 0 Å². The van der Waals surface area contributed by atoms with Crippen LogP contribution in [0.1, 0.15) is 0 Å². The molecule has 80 valence electrons. The van der Waals surface area contributed by atoms with Gasteiger partial charge in [-0.1, -0.05) is 23.8 Å². The minimum absolute atomic E-state index is 0. The smallest absolute Gasteiger partial charge is 0.0408 e. The van der Waals surface area contributed by atoms with Crippen LogP contribution in [-0.2, 0) is 21.1 Å². The van der Waals surface area contributed by atoms with Gasteiger partial charge in [-0.2, -0.15) is 0 Å². The van der Waals surface area contributed by atoms with E-state index in [1.54, 1.807) is 24.4 Å². The number of halogens is 2. The summed E-state index contributed by atoms with van der Waals surface area (Å²) in [5.74, 6) is -1.29. The molecule has 0 atom stereocenters. The summed E-state index contributed by atoms with van der Waals surface area (Å²) in [5.41, 5.74) is 0.636. The van der Waals surface area contributed by atoms with Crippen LogP contribution in [0.15, 0.2) is 36.5 Å². The molecule has 2 aromatic rings. The van der Waals surface area contributed by atoms with Gasteiger partial charge in [-0.15, -0.1) is 12.1 Å². The Morgan fingerprint density at radius 1 is 1.20 bits per heavy atom. The number of rotatable bonds is 1. The quantitative estimate of drug-likeness (QED) is 0.689. The van der Waals surface area contributed by atoms with E-state index >= 15 is 0 Å². The van der Waals surface area contributed by atoms with E-state index in [0.29, 0.717) is 5.69 Å². The van der Waals surface area contributed by atoms with E-state index in [2.05, 4.69) is 11.1 Å². The van der Waals surface area contributed by atoms with Gasteiger partial charge in [-0.25, -0.2) is 0 Å². The normalized spacial score (nSPS) is 9.47. The van der Waals surface area contributed by atoms with Crippen LogP contribution < -0.4 is 0 Å². The molecule has 15 heavy (non-hydrogen) atoms. The van der Waals surface area contributed by atoms with Crippen LogP contribution in [-0.4, -0.2) is 4.98 Å². The van der Waals surface area contributed by atoms with E-state index in [-0.39, 0.29) is 26.6 Å². The Labute approximate surface area is 100 Å². The molecule has 4 heteroatoms. The van der Waals surface area contributed by atoms with Crippen molar-refractivity contribution in [1.29, 1.82) is 0 Å². The average molecular weight is 385 g/mol. The number of hydrogen-bond acceptors (Lipinski definition) is 1. The van der Waals surface area contributed by atoms with Crippen LogP contribution >= 0.6 is 0 Å². The first-order valence-electron chi connectivity index (χ1n) is 4.05. The molecule has 0 radical (unpaired) electrons. The summed E-state index contributed by atoms with van der Waals surface area (Å²) in [4.78, 5) is 3.95. The summed E-state index contributed by atoms with van der Waals surface area (Å²) in [6.07, 6.45) is 1.55. The first-order valence-corrected chi connectivity index (χ1v) is 4.05. The predicted octanol–water partition coefficient (Wildman–Crippen LogP) is 2.82. The second-order valence-corrected chi connectivity index (χ2v) is 2.76. The molecule has 1 aromatic heterocycles. The van der Waals surface area contributed by atoms with Crippen molar-refractivity contribution in [2.24, 2.45) is 0 Å². The molecule has 1 aromatic carbocycles. The van der Waals surface area contributed by atoms with Crippen molar-refractivity contribution >= 4 is 0 Å². The SMILES string of the molecule is Fc1c[c-]c(-c2ccccn2)c(F)c1.[Pt]. The molecule has 0 saturated heterocycles. The van der Waals surface area contributed by atoms with Gasteiger partial charge < -0.3 is 4.98 Å². The third kappa shape index (κ3) is 2.69. The fourth-order valence-corrected chi connectivity index (χ4v) is 1.15. The van der Waals surface area contributed by atoms with Gasteiger partial charge in [0.2, 0.25) is 0 Å². The van der Waals surface area contributed by atoms with Gasteiger partial charge in [0.1, 0.15) is 0 Å². The standard InChI is InChI=1S/C11H6F2N.Pt/c12-8-4-5-9(10(13)7-8)11-3-1-2-6-14-11;/h1-4,6-7H;/q-1;. The first-order chi connectivity index (χ1) is 6.77. The van der Waals surface area contributed by atoms with E-state index in [9.17, 15) is 8.78 Å². The largest absolute Gasteiger partial charge is 0.305 e. The maximum atomic E-state index is 13.2. The van der Waals surface area contributed by atoms with Gasteiger partial charge in [0, 0.05) is 38.9 Å². The molecular weight excluding hydrogens is 379 g/mol. The van der Waals surface area contributed by atoms with E-state index < -0.39 is 11.6 Å². The van der Waals surface area contributed by atoms with Crippen LogP contribution in [0.4, 0.5) is 8.78 Å². The molecule has 0 N–H and O–H groups in total. The van der Waals surface area contributed by atoms with E-state index in [0.717, 1.165) is 12.1 Å². The molecule has 1 heterocycles. The van der Waals surface area contributed by atoms with E-state index in [1.807, 2.05) is 0 Å². The number of benzene rings is 1. The second kappa shape index (κ2) is 5.13. The molecule has 0 aliphatic rings. The molecule has 0 saturated carbocycles. The Hall–Kier alpha value is -1.08. The maximum Gasteiger partial charge on any atom is 0.0408 e. The van der Waals surface area contributed by atoms with Crippen molar-refractivity contribution in [3.8, 4) is 11.3 Å². The molecule has 1 nitrogen and oxygen atoms in total. The van der Waals surface area contributed by atoms with Gasteiger partial charge >= 0.3 is 0 Å². The Kier molecular flexibility index (Phi) is 4.10. The van der Waals surface area contributed by atoms with Crippen molar-refractivity contribution < 1.29 is 29.8 Å². The molecule has 0 bridgehead atoms. The Bertz CT molecular complexity index is 446. The van der Waals surface area contributed by atoms with Crippen LogP contribution in [0.25, 0.3) is 11.3 Å². The summed E-state index contributed by atoms with van der Waals surface area (Å²) in [7, 11) is 0. The third-order valence-electron chi connectivity index (χ3n) is 1.78. The van der Waals surface area contributed by atoms with Gasteiger partial charge in [-0.05, 0) is 11.8 Å². The zero-order chi connectivity index (χ0) is 9.97. The van der Waals surface area contributed by atoms with Gasteiger partial charge in [0.15, 0.2) is 0 Å². The fraction of sp³-hybridized carbons (Fsp3) is 0. The summed E-state index contributed by atoms with van der Waals surface area (Å²) in [5, 5.41) is 0. The number of nitrogens with zero attached hydrogens (tertiary/aromatic N) is 1. The van der Waals surface area contributed by atoms with Crippen LogP contribution in [0, 0.1) is 17.7 Å². The average Bonchev–Trinajstić information content (AvgIpc) is 2.19. The molecule has 0 aliphatic heterocycles. The fourth-order valence-electron chi connectivity index (χ4n) is 1.15. The Balaban J connectivity index is 0.00000112. The molecule has 2 rings (SSSR count). The zero-order valence-electron chi connectivity index (χ0n) is 7.48. The van der Waals surface area contributed by atoms with Crippen molar-refractivity contribution in [3.05, 3.63) is 54.2 Å². The topological polar surface area (TPSA) is 12.9 Å². The summed E-state index contributed by atoms with van der Waals surface area (Å²) < 4.78 is 25.8. The summed E-state index contributed by atoms with van der Waals surface area (Å²) in [6, 6.07) is 9.53. The second-order valence-electron chi connectivity index (χ2n) is 2.76. The summed E-state index contributed by atoms with van der Waals surface area (Å²) in [6.45, 7) is 0. The van der Waals surface area contributed by atoms with Crippen molar-refractivity contribution in [3.63, 3.8) is 0 Å². The van der Waals surface area contributed by atoms with Crippen molar-refractivity contribution in [2.45, 2.75) is 0 Å².